The molecule has 20 heavy (non-hydrogen) atoms. The summed E-state index contributed by atoms with van der Waals surface area (Å²) in [5.74, 6) is 0. The molecule has 0 amide bonds. The molecule has 1 aliphatic heterocycles. The van der Waals surface area contributed by atoms with Gasteiger partial charge in [0.25, 0.3) is 0 Å². The van der Waals surface area contributed by atoms with Crippen molar-refractivity contribution in [3.8, 4) is 0 Å². The summed E-state index contributed by atoms with van der Waals surface area (Å²) in [7, 11) is 0. The van der Waals surface area contributed by atoms with Crippen LogP contribution >= 0.6 is 0 Å². The Morgan fingerprint density at radius 2 is 2.10 bits per heavy atom. The summed E-state index contributed by atoms with van der Waals surface area (Å²) in [6.07, 6.45) is 12.0. The first-order valence-electron chi connectivity index (χ1n) is 7.53. The van der Waals surface area contributed by atoms with Gasteiger partial charge in [0.2, 0.25) is 0 Å². The Labute approximate surface area is 119 Å². The van der Waals surface area contributed by atoms with E-state index in [0.717, 1.165) is 25.7 Å². The van der Waals surface area contributed by atoms with Gasteiger partial charge in [0.05, 0.1) is 24.3 Å². The van der Waals surface area contributed by atoms with Crippen molar-refractivity contribution in [1.29, 1.82) is 0 Å². The molecule has 0 N–H and O–H groups in total. The fraction of sp³-hybridized carbons (Fsp3) is 0.600. The molecule has 1 saturated heterocycles. The second-order valence-corrected chi connectivity index (χ2v) is 6.20. The van der Waals surface area contributed by atoms with Crippen LogP contribution in [0.4, 0.5) is 0 Å². The molecule has 2 aromatic rings. The number of rotatable bonds is 4. The first kappa shape index (κ1) is 12.1. The first-order chi connectivity index (χ1) is 9.79. The summed E-state index contributed by atoms with van der Waals surface area (Å²) in [5.41, 5.74) is 2.61. The lowest BCUT2D eigenvalue weighted by atomic mass is 10.3. The Balaban J connectivity index is 1.42. The van der Waals surface area contributed by atoms with E-state index in [-0.39, 0.29) is 0 Å². The van der Waals surface area contributed by atoms with Gasteiger partial charge in [-0.3, -0.25) is 9.58 Å². The van der Waals surface area contributed by atoms with Gasteiger partial charge in [-0.05, 0) is 31.7 Å². The molecule has 0 spiro atoms. The molecule has 2 aliphatic rings. The zero-order valence-electron chi connectivity index (χ0n) is 11.9. The van der Waals surface area contributed by atoms with Crippen LogP contribution in [0.5, 0.6) is 0 Å². The molecule has 5 heteroatoms. The summed E-state index contributed by atoms with van der Waals surface area (Å²) in [6.45, 7) is 5.37. The van der Waals surface area contributed by atoms with Gasteiger partial charge in [-0.1, -0.05) is 0 Å². The highest BCUT2D eigenvalue weighted by Gasteiger charge is 2.28. The van der Waals surface area contributed by atoms with Crippen molar-refractivity contribution in [3.63, 3.8) is 0 Å². The van der Waals surface area contributed by atoms with Gasteiger partial charge in [0.1, 0.15) is 0 Å². The molecule has 3 heterocycles. The summed E-state index contributed by atoms with van der Waals surface area (Å²) in [4.78, 5) is 6.85. The van der Waals surface area contributed by atoms with E-state index < -0.39 is 0 Å². The van der Waals surface area contributed by atoms with Crippen molar-refractivity contribution >= 4 is 0 Å². The predicted molar refractivity (Wildman–Crippen MR) is 76.4 cm³/mol. The number of aryl methyl sites for hydroxylation is 1. The lowest BCUT2D eigenvalue weighted by Gasteiger charge is -2.17. The highest BCUT2D eigenvalue weighted by atomic mass is 15.3. The van der Waals surface area contributed by atoms with Crippen LogP contribution < -0.4 is 0 Å². The van der Waals surface area contributed by atoms with Crippen LogP contribution in [0.25, 0.3) is 0 Å². The third-order valence-electron chi connectivity index (χ3n) is 4.42. The molecule has 0 radical (unpaired) electrons. The number of imidazole rings is 1. The van der Waals surface area contributed by atoms with Crippen molar-refractivity contribution in [2.24, 2.45) is 0 Å². The molecule has 1 aliphatic carbocycles. The molecule has 106 valence electrons. The van der Waals surface area contributed by atoms with Crippen LogP contribution in [0.3, 0.4) is 0 Å². The molecule has 5 nitrogen and oxygen atoms in total. The number of nitrogens with zero attached hydrogens (tertiary/aromatic N) is 5. The fourth-order valence-corrected chi connectivity index (χ4v) is 3.17. The number of hydrogen-bond acceptors (Lipinski definition) is 3. The first-order valence-corrected chi connectivity index (χ1v) is 7.53. The number of hydrogen-bond donors (Lipinski definition) is 0. The Hall–Kier alpha value is -1.62. The van der Waals surface area contributed by atoms with E-state index in [1.54, 1.807) is 0 Å². The molecule has 0 bridgehead atoms. The standard InChI is InChI=1S/C15H21N5/c1-12-6-17-20(8-12)14-4-5-18(9-14)10-15-7-16-11-19(15)13-2-3-13/h6-8,11,13-14H,2-5,9-10H2,1H3. The van der Waals surface area contributed by atoms with Gasteiger partial charge in [0, 0.05) is 38.1 Å². The van der Waals surface area contributed by atoms with Crippen molar-refractivity contribution < 1.29 is 0 Å². The maximum absolute atomic E-state index is 4.46. The fourth-order valence-electron chi connectivity index (χ4n) is 3.17. The smallest absolute Gasteiger partial charge is 0.0951 e. The number of likely N-dealkylation sites (tertiary alicyclic amines) is 1. The zero-order chi connectivity index (χ0) is 13.5. The molecule has 2 aromatic heterocycles. The largest absolute Gasteiger partial charge is 0.330 e. The average molecular weight is 271 g/mol. The second-order valence-electron chi connectivity index (χ2n) is 6.20. The van der Waals surface area contributed by atoms with E-state index in [1.807, 2.05) is 18.7 Å². The second kappa shape index (κ2) is 4.74. The Bertz CT molecular complexity index is 595. The third kappa shape index (κ3) is 2.26. The Morgan fingerprint density at radius 1 is 1.20 bits per heavy atom. The molecule has 1 atom stereocenters. The Kier molecular flexibility index (Phi) is 2.88. The highest BCUT2D eigenvalue weighted by molar-refractivity contribution is 5.05. The minimum Gasteiger partial charge on any atom is -0.330 e. The molecular formula is C15H21N5. The van der Waals surface area contributed by atoms with Gasteiger partial charge in [-0.15, -0.1) is 0 Å². The van der Waals surface area contributed by atoms with E-state index in [1.165, 1.54) is 30.5 Å². The van der Waals surface area contributed by atoms with Crippen molar-refractivity contribution in [2.75, 3.05) is 13.1 Å². The molecule has 2 fully saturated rings. The quantitative estimate of drug-likeness (QED) is 0.855. The average Bonchev–Trinajstić information content (AvgIpc) is 2.87. The summed E-state index contributed by atoms with van der Waals surface area (Å²) >= 11 is 0. The molecular weight excluding hydrogens is 250 g/mol. The maximum Gasteiger partial charge on any atom is 0.0951 e. The topological polar surface area (TPSA) is 38.9 Å². The SMILES string of the molecule is Cc1cnn(C2CCN(Cc3cncn3C3CC3)C2)c1. The van der Waals surface area contributed by atoms with Crippen LogP contribution in [0.1, 0.15) is 42.6 Å². The monoisotopic (exact) mass is 271 g/mol. The summed E-state index contributed by atoms with van der Waals surface area (Å²) < 4.78 is 4.50. The lowest BCUT2D eigenvalue weighted by molar-refractivity contribution is 0.303. The van der Waals surface area contributed by atoms with E-state index in [2.05, 4.69) is 37.4 Å². The van der Waals surface area contributed by atoms with Crippen molar-refractivity contribution in [2.45, 2.75) is 44.8 Å². The highest BCUT2D eigenvalue weighted by Crippen LogP contribution is 2.36. The Morgan fingerprint density at radius 3 is 2.85 bits per heavy atom. The van der Waals surface area contributed by atoms with Gasteiger partial charge in [-0.25, -0.2) is 4.98 Å². The third-order valence-corrected chi connectivity index (χ3v) is 4.42. The van der Waals surface area contributed by atoms with Crippen molar-refractivity contribution in [1.82, 2.24) is 24.2 Å². The molecule has 1 saturated carbocycles. The number of aromatic nitrogens is 4. The van der Waals surface area contributed by atoms with Crippen LogP contribution in [-0.4, -0.2) is 37.3 Å². The molecule has 0 aromatic carbocycles. The van der Waals surface area contributed by atoms with Crippen LogP contribution in [0.15, 0.2) is 24.9 Å². The molecule has 1 unspecified atom stereocenters. The minimum absolute atomic E-state index is 0.529. The summed E-state index contributed by atoms with van der Waals surface area (Å²) in [6, 6.07) is 1.25. The predicted octanol–water partition coefficient (Wildman–Crippen LogP) is 2.17. The molecule has 4 rings (SSSR count). The normalized spacial score (nSPS) is 23.6. The van der Waals surface area contributed by atoms with E-state index in [0.29, 0.717) is 6.04 Å². The van der Waals surface area contributed by atoms with E-state index in [9.17, 15) is 0 Å². The van der Waals surface area contributed by atoms with Gasteiger partial charge in [0.15, 0.2) is 0 Å². The van der Waals surface area contributed by atoms with Crippen molar-refractivity contribution in [3.05, 3.63) is 36.2 Å². The van der Waals surface area contributed by atoms with Crippen LogP contribution in [0.2, 0.25) is 0 Å². The zero-order valence-corrected chi connectivity index (χ0v) is 11.9. The van der Waals surface area contributed by atoms with Gasteiger partial charge < -0.3 is 4.57 Å². The minimum atomic E-state index is 0.529. The lowest BCUT2D eigenvalue weighted by Crippen LogP contribution is -2.22. The van der Waals surface area contributed by atoms with E-state index >= 15 is 0 Å². The summed E-state index contributed by atoms with van der Waals surface area (Å²) in [5, 5.41) is 4.46. The van der Waals surface area contributed by atoms with Gasteiger partial charge in [-0.2, -0.15) is 5.10 Å². The van der Waals surface area contributed by atoms with Crippen LogP contribution in [0, 0.1) is 6.92 Å². The van der Waals surface area contributed by atoms with Gasteiger partial charge >= 0.3 is 0 Å². The van der Waals surface area contributed by atoms with Crippen LogP contribution in [-0.2, 0) is 6.54 Å². The maximum atomic E-state index is 4.46. The van der Waals surface area contributed by atoms with E-state index in [4.69, 9.17) is 0 Å².